The minimum atomic E-state index is 0.189. The molecule has 0 bridgehead atoms. The van der Waals surface area contributed by atoms with Gasteiger partial charge >= 0.3 is 0 Å². The molecule has 0 rings (SSSR count). The summed E-state index contributed by atoms with van der Waals surface area (Å²) in [5, 5.41) is 0. The number of hydrogen-bond acceptors (Lipinski definition) is 0. The van der Waals surface area contributed by atoms with Crippen molar-refractivity contribution in [1.29, 1.82) is 0 Å². The highest BCUT2D eigenvalue weighted by atomic mass is 14.1. The first-order valence-corrected chi connectivity index (χ1v) is 4.31. The molecule has 0 amide bonds. The van der Waals surface area contributed by atoms with Gasteiger partial charge in [-0.25, -0.2) is 0 Å². The third-order valence-corrected chi connectivity index (χ3v) is 1.76. The Balaban J connectivity index is 3.86. The Morgan fingerprint density at radius 2 is 2.00 bits per heavy atom. The Kier molecular flexibility index (Phi) is 4.26. The molecule has 1 radical (unpaired) electrons. The molecule has 0 saturated carbocycles. The van der Waals surface area contributed by atoms with E-state index in [0.717, 1.165) is 12.8 Å². The van der Waals surface area contributed by atoms with Crippen molar-refractivity contribution in [2.24, 2.45) is 11.3 Å². The van der Waals surface area contributed by atoms with Crippen LogP contribution in [0.1, 0.15) is 40.5 Å². The van der Waals surface area contributed by atoms with E-state index in [1.807, 2.05) is 0 Å². The zero-order valence-electron chi connectivity index (χ0n) is 8.20. The summed E-state index contributed by atoms with van der Waals surface area (Å²) in [6.07, 6.45) is 2.04. The maximum absolute atomic E-state index is 3.88. The van der Waals surface area contributed by atoms with Crippen LogP contribution in [0, 0.1) is 30.1 Å². The van der Waals surface area contributed by atoms with E-state index in [1.165, 1.54) is 0 Å². The van der Waals surface area contributed by atoms with E-state index in [2.05, 4.69) is 46.5 Å². The van der Waals surface area contributed by atoms with Gasteiger partial charge in [0.1, 0.15) is 0 Å². The third-order valence-electron chi connectivity index (χ3n) is 1.76. The van der Waals surface area contributed by atoms with Crippen molar-refractivity contribution in [3.8, 4) is 11.8 Å². The number of rotatable bonds is 2. The second kappa shape index (κ2) is 4.44. The molecule has 0 fully saturated rings. The highest BCUT2D eigenvalue weighted by molar-refractivity contribution is 5.08. The van der Waals surface area contributed by atoms with Gasteiger partial charge in [-0.3, -0.25) is 0 Å². The molecule has 0 aromatic carbocycles. The van der Waals surface area contributed by atoms with Crippen LogP contribution in [0.5, 0.6) is 0 Å². The summed E-state index contributed by atoms with van der Waals surface area (Å²) in [5.41, 5.74) is 0.189. The molecule has 0 spiro atoms. The molecule has 1 atom stereocenters. The van der Waals surface area contributed by atoms with Crippen LogP contribution in [-0.2, 0) is 0 Å². The SMILES string of the molecule is [CH2]C(C)CC#CC(C)(C)CC. The van der Waals surface area contributed by atoms with Crippen LogP contribution < -0.4 is 0 Å². The van der Waals surface area contributed by atoms with Crippen LogP contribution >= 0.6 is 0 Å². The predicted octanol–water partition coefficient (Wildman–Crippen LogP) is 3.29. The van der Waals surface area contributed by atoms with Crippen molar-refractivity contribution >= 4 is 0 Å². The summed E-state index contributed by atoms with van der Waals surface area (Å²) in [6.45, 7) is 12.5. The van der Waals surface area contributed by atoms with Gasteiger partial charge in [0, 0.05) is 11.8 Å². The molecule has 0 aromatic rings. The fourth-order valence-corrected chi connectivity index (χ4v) is 0.553. The van der Waals surface area contributed by atoms with E-state index >= 15 is 0 Å². The quantitative estimate of drug-likeness (QED) is 0.531. The van der Waals surface area contributed by atoms with E-state index in [9.17, 15) is 0 Å². The number of hydrogen-bond donors (Lipinski definition) is 0. The molecular formula is C11H19. The average Bonchev–Trinajstić information content (AvgIpc) is 1.87. The average molecular weight is 151 g/mol. The highest BCUT2D eigenvalue weighted by Gasteiger charge is 2.09. The summed E-state index contributed by atoms with van der Waals surface area (Å²) < 4.78 is 0. The van der Waals surface area contributed by atoms with E-state index in [4.69, 9.17) is 0 Å². The van der Waals surface area contributed by atoms with Gasteiger partial charge in [-0.15, -0.1) is 5.92 Å². The van der Waals surface area contributed by atoms with Crippen LogP contribution in [0.2, 0.25) is 0 Å². The maximum Gasteiger partial charge on any atom is 0.0255 e. The lowest BCUT2D eigenvalue weighted by Gasteiger charge is -2.13. The molecule has 0 aliphatic heterocycles. The Labute approximate surface area is 71.4 Å². The molecule has 63 valence electrons. The Morgan fingerprint density at radius 3 is 2.36 bits per heavy atom. The molecule has 0 saturated heterocycles. The molecular weight excluding hydrogens is 132 g/mol. The van der Waals surface area contributed by atoms with Gasteiger partial charge in [0.25, 0.3) is 0 Å². The summed E-state index contributed by atoms with van der Waals surface area (Å²) in [7, 11) is 0. The molecule has 0 N–H and O–H groups in total. The second-order valence-electron chi connectivity index (χ2n) is 3.85. The van der Waals surface area contributed by atoms with Gasteiger partial charge in [0.05, 0.1) is 0 Å². The summed E-state index contributed by atoms with van der Waals surface area (Å²) in [5.74, 6) is 6.87. The van der Waals surface area contributed by atoms with Gasteiger partial charge in [-0.05, 0) is 33.1 Å². The lowest BCUT2D eigenvalue weighted by molar-refractivity contribution is 0.484. The van der Waals surface area contributed by atoms with E-state index in [-0.39, 0.29) is 5.41 Å². The van der Waals surface area contributed by atoms with Crippen LogP contribution in [0.4, 0.5) is 0 Å². The standard InChI is InChI=1S/C11H19/c1-6-11(4,5)9-7-8-10(2)3/h10H,2,6,8H2,1,3-5H3. The summed E-state index contributed by atoms with van der Waals surface area (Å²) in [4.78, 5) is 0. The van der Waals surface area contributed by atoms with Crippen LogP contribution in [-0.4, -0.2) is 0 Å². The zero-order valence-corrected chi connectivity index (χ0v) is 8.20. The Hall–Kier alpha value is -0.440. The van der Waals surface area contributed by atoms with Gasteiger partial charge in [-0.2, -0.15) is 0 Å². The van der Waals surface area contributed by atoms with E-state index < -0.39 is 0 Å². The van der Waals surface area contributed by atoms with Crippen molar-refractivity contribution in [3.63, 3.8) is 0 Å². The molecule has 0 aliphatic carbocycles. The van der Waals surface area contributed by atoms with Gasteiger partial charge in [-0.1, -0.05) is 19.8 Å². The fraction of sp³-hybridized carbons (Fsp3) is 0.727. The summed E-state index contributed by atoms with van der Waals surface area (Å²) >= 11 is 0. The first-order valence-electron chi connectivity index (χ1n) is 4.31. The van der Waals surface area contributed by atoms with Crippen LogP contribution in [0.3, 0.4) is 0 Å². The van der Waals surface area contributed by atoms with Crippen molar-refractivity contribution in [1.82, 2.24) is 0 Å². The lowest BCUT2D eigenvalue weighted by Crippen LogP contribution is -2.05. The van der Waals surface area contributed by atoms with Gasteiger partial charge < -0.3 is 0 Å². The molecule has 0 aromatic heterocycles. The topological polar surface area (TPSA) is 0 Å². The first-order chi connectivity index (χ1) is 4.98. The normalized spacial score (nSPS) is 11.1. The smallest absolute Gasteiger partial charge is 0.0255 e. The molecule has 0 heteroatoms. The van der Waals surface area contributed by atoms with Crippen molar-refractivity contribution in [2.45, 2.75) is 40.5 Å². The summed E-state index contributed by atoms with van der Waals surface area (Å²) in [6, 6.07) is 0. The molecule has 0 nitrogen and oxygen atoms in total. The molecule has 0 heterocycles. The van der Waals surface area contributed by atoms with E-state index in [1.54, 1.807) is 0 Å². The minimum absolute atomic E-state index is 0.189. The van der Waals surface area contributed by atoms with Crippen molar-refractivity contribution < 1.29 is 0 Å². The first kappa shape index (κ1) is 10.6. The second-order valence-corrected chi connectivity index (χ2v) is 3.85. The third kappa shape index (κ3) is 5.98. The van der Waals surface area contributed by atoms with Crippen LogP contribution in [0.15, 0.2) is 0 Å². The fourth-order valence-electron chi connectivity index (χ4n) is 0.553. The molecule has 0 aliphatic rings. The molecule has 11 heavy (non-hydrogen) atoms. The van der Waals surface area contributed by atoms with Gasteiger partial charge in [0.15, 0.2) is 0 Å². The molecule has 1 unspecified atom stereocenters. The Morgan fingerprint density at radius 1 is 1.45 bits per heavy atom. The monoisotopic (exact) mass is 151 g/mol. The highest BCUT2D eigenvalue weighted by Crippen LogP contribution is 2.17. The largest absolute Gasteiger partial charge is 0.102 e. The van der Waals surface area contributed by atoms with Gasteiger partial charge in [0.2, 0.25) is 0 Å². The van der Waals surface area contributed by atoms with Crippen molar-refractivity contribution in [3.05, 3.63) is 6.92 Å². The minimum Gasteiger partial charge on any atom is -0.102 e. The van der Waals surface area contributed by atoms with Crippen molar-refractivity contribution in [2.75, 3.05) is 0 Å². The van der Waals surface area contributed by atoms with Crippen LogP contribution in [0.25, 0.3) is 0 Å². The predicted molar refractivity (Wildman–Crippen MR) is 51.0 cm³/mol. The Bertz CT molecular complexity index is 153. The zero-order chi connectivity index (χ0) is 8.91. The lowest BCUT2D eigenvalue weighted by atomic mass is 9.91. The maximum atomic E-state index is 3.88. The van der Waals surface area contributed by atoms with E-state index in [0.29, 0.717) is 5.92 Å².